The van der Waals surface area contributed by atoms with Crippen LogP contribution in [0, 0.1) is 11.8 Å². The van der Waals surface area contributed by atoms with Crippen molar-refractivity contribution in [1.82, 2.24) is 15.1 Å². The molecule has 2 aliphatic heterocycles. The summed E-state index contributed by atoms with van der Waals surface area (Å²) in [6, 6.07) is 0. The van der Waals surface area contributed by atoms with Gasteiger partial charge in [0, 0.05) is 38.6 Å². The molecule has 5 nitrogen and oxygen atoms in total. The molecule has 3 aliphatic rings. The Hall–Kier alpha value is -0.810. The number of likely N-dealkylation sites (tertiary alicyclic amines) is 2. The Labute approximate surface area is 141 Å². The number of guanidine groups is 1. The van der Waals surface area contributed by atoms with Gasteiger partial charge in [0.05, 0.1) is 6.10 Å². The van der Waals surface area contributed by atoms with E-state index in [1.54, 1.807) is 0 Å². The van der Waals surface area contributed by atoms with E-state index < -0.39 is 0 Å². The summed E-state index contributed by atoms with van der Waals surface area (Å²) in [5.74, 6) is 2.22. The van der Waals surface area contributed by atoms with Gasteiger partial charge in [0.25, 0.3) is 0 Å². The minimum absolute atomic E-state index is 0.136. The van der Waals surface area contributed by atoms with Crippen molar-refractivity contribution < 1.29 is 5.11 Å². The topological polar surface area (TPSA) is 51.1 Å². The van der Waals surface area contributed by atoms with Crippen molar-refractivity contribution >= 4 is 5.96 Å². The molecule has 3 rings (SSSR count). The molecule has 2 saturated heterocycles. The number of hydrogen-bond donors (Lipinski definition) is 2. The van der Waals surface area contributed by atoms with E-state index in [1.165, 1.54) is 38.9 Å². The zero-order valence-electron chi connectivity index (χ0n) is 14.7. The lowest BCUT2D eigenvalue weighted by Crippen LogP contribution is -2.41. The molecule has 1 saturated carbocycles. The van der Waals surface area contributed by atoms with Gasteiger partial charge < -0.3 is 20.2 Å². The standard InChI is InChI=1S/C18H34N4O/c1-2-19-18(20-12-16-6-5-7-17(16)23)22-11-8-15(14-22)13-21-9-3-4-10-21/h15-17,23H,2-14H2,1H3,(H,19,20). The van der Waals surface area contributed by atoms with Crippen LogP contribution in [0.25, 0.3) is 0 Å². The molecule has 0 amide bonds. The second-order valence-corrected chi connectivity index (χ2v) is 7.56. The van der Waals surface area contributed by atoms with Gasteiger partial charge in [-0.15, -0.1) is 0 Å². The van der Waals surface area contributed by atoms with Crippen molar-refractivity contribution in [3.8, 4) is 0 Å². The van der Waals surface area contributed by atoms with Gasteiger partial charge in [0.1, 0.15) is 0 Å². The molecule has 0 aromatic carbocycles. The van der Waals surface area contributed by atoms with Crippen LogP contribution in [0.5, 0.6) is 0 Å². The maximum Gasteiger partial charge on any atom is 0.193 e. The lowest BCUT2D eigenvalue weighted by Gasteiger charge is -2.24. The number of aliphatic hydroxyl groups is 1. The molecule has 0 radical (unpaired) electrons. The molecule has 3 atom stereocenters. The van der Waals surface area contributed by atoms with Crippen LogP contribution in [0.4, 0.5) is 0 Å². The third kappa shape index (κ3) is 4.60. The molecule has 0 aromatic rings. The Bertz CT molecular complexity index is 394. The first kappa shape index (κ1) is 17.0. The van der Waals surface area contributed by atoms with Gasteiger partial charge >= 0.3 is 0 Å². The minimum Gasteiger partial charge on any atom is -0.393 e. The molecular weight excluding hydrogens is 288 g/mol. The Morgan fingerprint density at radius 3 is 2.65 bits per heavy atom. The summed E-state index contributed by atoms with van der Waals surface area (Å²) in [6.45, 7) is 9.94. The Balaban J connectivity index is 1.51. The van der Waals surface area contributed by atoms with Crippen molar-refractivity contribution in [2.45, 2.75) is 51.6 Å². The molecule has 3 fully saturated rings. The van der Waals surface area contributed by atoms with Crippen molar-refractivity contribution in [1.29, 1.82) is 0 Å². The fraction of sp³-hybridized carbons (Fsp3) is 0.944. The van der Waals surface area contributed by atoms with Crippen molar-refractivity contribution in [2.75, 3.05) is 45.8 Å². The van der Waals surface area contributed by atoms with Crippen LogP contribution < -0.4 is 5.32 Å². The summed E-state index contributed by atoms with van der Waals surface area (Å²) in [7, 11) is 0. The molecule has 2 N–H and O–H groups in total. The highest BCUT2D eigenvalue weighted by atomic mass is 16.3. The van der Waals surface area contributed by atoms with E-state index >= 15 is 0 Å². The van der Waals surface area contributed by atoms with Crippen molar-refractivity contribution in [3.05, 3.63) is 0 Å². The maximum absolute atomic E-state index is 9.99. The van der Waals surface area contributed by atoms with Crippen LogP contribution in [0.3, 0.4) is 0 Å². The van der Waals surface area contributed by atoms with Gasteiger partial charge in [-0.2, -0.15) is 0 Å². The fourth-order valence-electron chi connectivity index (χ4n) is 4.36. The summed E-state index contributed by atoms with van der Waals surface area (Å²) in [4.78, 5) is 9.92. The van der Waals surface area contributed by atoms with E-state index in [1.807, 2.05) is 0 Å². The number of hydrogen-bond acceptors (Lipinski definition) is 3. The van der Waals surface area contributed by atoms with Crippen LogP contribution in [-0.4, -0.2) is 72.8 Å². The minimum atomic E-state index is -0.136. The van der Waals surface area contributed by atoms with Crippen LogP contribution in [0.2, 0.25) is 0 Å². The number of aliphatic hydroxyl groups excluding tert-OH is 1. The van der Waals surface area contributed by atoms with Gasteiger partial charge in [-0.3, -0.25) is 4.99 Å². The summed E-state index contributed by atoms with van der Waals surface area (Å²) >= 11 is 0. The van der Waals surface area contributed by atoms with Crippen LogP contribution in [0.1, 0.15) is 45.4 Å². The van der Waals surface area contributed by atoms with Gasteiger partial charge in [-0.05, 0) is 58.0 Å². The van der Waals surface area contributed by atoms with E-state index in [9.17, 15) is 5.11 Å². The second kappa shape index (κ2) is 8.34. The predicted octanol–water partition coefficient (Wildman–Crippen LogP) is 1.53. The highest BCUT2D eigenvalue weighted by Crippen LogP contribution is 2.26. The first-order chi connectivity index (χ1) is 11.3. The average Bonchev–Trinajstić information content (AvgIpc) is 3.27. The fourth-order valence-corrected chi connectivity index (χ4v) is 4.36. The van der Waals surface area contributed by atoms with E-state index in [0.717, 1.165) is 57.3 Å². The van der Waals surface area contributed by atoms with Gasteiger partial charge in [0.2, 0.25) is 0 Å². The highest BCUT2D eigenvalue weighted by Gasteiger charge is 2.28. The number of rotatable bonds is 5. The summed E-state index contributed by atoms with van der Waals surface area (Å²) < 4.78 is 0. The SMILES string of the molecule is CCNC(=NCC1CCCC1O)N1CCC(CN2CCCC2)C1. The van der Waals surface area contributed by atoms with Gasteiger partial charge in [0.15, 0.2) is 5.96 Å². The maximum atomic E-state index is 9.99. The van der Waals surface area contributed by atoms with E-state index in [-0.39, 0.29) is 6.10 Å². The molecule has 23 heavy (non-hydrogen) atoms. The Morgan fingerprint density at radius 2 is 1.96 bits per heavy atom. The van der Waals surface area contributed by atoms with Gasteiger partial charge in [-0.1, -0.05) is 6.42 Å². The molecule has 0 spiro atoms. The number of nitrogens with one attached hydrogen (secondary N) is 1. The third-order valence-corrected chi connectivity index (χ3v) is 5.73. The summed E-state index contributed by atoms with van der Waals surface area (Å²) in [6.07, 6.45) is 7.14. The normalized spacial score (nSPS) is 32.9. The zero-order chi connectivity index (χ0) is 16.1. The summed E-state index contributed by atoms with van der Waals surface area (Å²) in [5.41, 5.74) is 0. The average molecular weight is 322 g/mol. The number of nitrogens with zero attached hydrogens (tertiary/aromatic N) is 3. The molecule has 132 valence electrons. The van der Waals surface area contributed by atoms with Crippen LogP contribution in [0.15, 0.2) is 4.99 Å². The first-order valence-electron chi connectivity index (χ1n) is 9.70. The van der Waals surface area contributed by atoms with Crippen LogP contribution in [-0.2, 0) is 0 Å². The van der Waals surface area contributed by atoms with Crippen LogP contribution >= 0.6 is 0 Å². The lowest BCUT2D eigenvalue weighted by atomic mass is 10.1. The van der Waals surface area contributed by atoms with E-state index in [4.69, 9.17) is 4.99 Å². The molecule has 5 heteroatoms. The second-order valence-electron chi connectivity index (χ2n) is 7.56. The monoisotopic (exact) mass is 322 g/mol. The molecule has 0 bridgehead atoms. The molecule has 1 aliphatic carbocycles. The molecule has 2 heterocycles. The first-order valence-corrected chi connectivity index (χ1v) is 9.70. The lowest BCUT2D eigenvalue weighted by molar-refractivity contribution is 0.136. The summed E-state index contributed by atoms with van der Waals surface area (Å²) in [5, 5.41) is 13.4. The zero-order valence-corrected chi connectivity index (χ0v) is 14.7. The van der Waals surface area contributed by atoms with E-state index in [0.29, 0.717) is 5.92 Å². The van der Waals surface area contributed by atoms with Crippen molar-refractivity contribution in [2.24, 2.45) is 16.8 Å². The van der Waals surface area contributed by atoms with Gasteiger partial charge in [-0.25, -0.2) is 0 Å². The van der Waals surface area contributed by atoms with Crippen molar-refractivity contribution in [3.63, 3.8) is 0 Å². The smallest absolute Gasteiger partial charge is 0.193 e. The largest absolute Gasteiger partial charge is 0.393 e. The Morgan fingerprint density at radius 1 is 1.13 bits per heavy atom. The number of aliphatic imine (C=N–C) groups is 1. The van der Waals surface area contributed by atoms with E-state index in [2.05, 4.69) is 22.0 Å². The third-order valence-electron chi connectivity index (χ3n) is 5.73. The molecule has 3 unspecified atom stereocenters. The predicted molar refractivity (Wildman–Crippen MR) is 94.7 cm³/mol. The highest BCUT2D eigenvalue weighted by molar-refractivity contribution is 5.80. The quantitative estimate of drug-likeness (QED) is 0.595. The molecular formula is C18H34N4O. The Kier molecular flexibility index (Phi) is 6.17. The molecule has 0 aromatic heterocycles.